The molecule has 2 unspecified atom stereocenters. The maximum atomic E-state index is 11.5. The highest BCUT2D eigenvalue weighted by Gasteiger charge is 2.48. The fourth-order valence-electron chi connectivity index (χ4n) is 2.89. The zero-order valence-corrected chi connectivity index (χ0v) is 9.87. The van der Waals surface area contributed by atoms with Crippen LogP contribution in [0.25, 0.3) is 0 Å². The zero-order valence-electron chi connectivity index (χ0n) is 9.05. The number of esters is 1. The predicted molar refractivity (Wildman–Crippen MR) is 58.0 cm³/mol. The average Bonchev–Trinajstić information content (AvgIpc) is 2.42. The summed E-state index contributed by atoms with van der Waals surface area (Å²) in [4.78, 5) is 13.7. The van der Waals surface area contributed by atoms with Crippen molar-refractivity contribution in [3.05, 3.63) is 0 Å². The van der Waals surface area contributed by atoms with Crippen molar-refractivity contribution in [2.75, 3.05) is 14.2 Å². The number of rotatable bonds is 1. The van der Waals surface area contributed by atoms with Crippen molar-refractivity contribution in [3.8, 4) is 0 Å². The Morgan fingerprint density at radius 2 is 2.13 bits per heavy atom. The summed E-state index contributed by atoms with van der Waals surface area (Å²) in [6.45, 7) is 0. The molecule has 0 spiro atoms. The van der Waals surface area contributed by atoms with Gasteiger partial charge in [0.1, 0.15) is 0 Å². The van der Waals surface area contributed by atoms with Gasteiger partial charge in [-0.1, -0.05) is 0 Å². The molecule has 15 heavy (non-hydrogen) atoms. The zero-order chi connectivity index (χ0) is 10.3. The summed E-state index contributed by atoms with van der Waals surface area (Å²) in [7, 11) is 3.42. The van der Waals surface area contributed by atoms with Crippen molar-refractivity contribution in [1.29, 1.82) is 0 Å². The van der Waals surface area contributed by atoms with Crippen LogP contribution < -0.4 is 0 Å². The number of aliphatic hydroxyl groups excluding tert-OH is 1. The molecule has 0 aromatic heterocycles. The van der Waals surface area contributed by atoms with Gasteiger partial charge in [-0.2, -0.15) is 0 Å². The van der Waals surface area contributed by atoms with Crippen LogP contribution in [0.2, 0.25) is 0 Å². The molecule has 2 aliphatic rings. The number of aliphatic hydroxyl groups is 1. The monoisotopic (exact) mass is 235 g/mol. The Kier molecular flexibility index (Phi) is 3.98. The van der Waals surface area contributed by atoms with Crippen LogP contribution in [0.3, 0.4) is 0 Å². The van der Waals surface area contributed by atoms with Gasteiger partial charge < -0.3 is 9.84 Å². The van der Waals surface area contributed by atoms with E-state index in [1.807, 2.05) is 7.05 Å². The third-order valence-electron chi connectivity index (χ3n) is 3.71. The van der Waals surface area contributed by atoms with Crippen LogP contribution in [0, 0.1) is 5.92 Å². The second-order valence-electron chi connectivity index (χ2n) is 4.32. The van der Waals surface area contributed by atoms with E-state index in [1.54, 1.807) is 0 Å². The van der Waals surface area contributed by atoms with E-state index in [2.05, 4.69) is 4.90 Å². The van der Waals surface area contributed by atoms with Crippen LogP contribution in [0.1, 0.15) is 19.3 Å². The molecule has 0 aliphatic carbocycles. The summed E-state index contributed by atoms with van der Waals surface area (Å²) in [5.74, 6) is -0.613. The molecular weight excluding hydrogens is 218 g/mol. The minimum Gasteiger partial charge on any atom is -0.469 e. The van der Waals surface area contributed by atoms with Gasteiger partial charge in [-0.25, -0.2) is 0 Å². The molecule has 0 aromatic carbocycles. The van der Waals surface area contributed by atoms with E-state index in [-0.39, 0.29) is 30.3 Å². The molecule has 1 N–H and O–H groups in total. The van der Waals surface area contributed by atoms with Crippen molar-refractivity contribution in [1.82, 2.24) is 4.90 Å². The maximum Gasteiger partial charge on any atom is 0.312 e. The topological polar surface area (TPSA) is 49.8 Å². The number of halogens is 1. The van der Waals surface area contributed by atoms with Crippen molar-refractivity contribution < 1.29 is 14.6 Å². The number of carbonyl (C=O) groups is 1. The van der Waals surface area contributed by atoms with E-state index >= 15 is 0 Å². The lowest BCUT2D eigenvalue weighted by atomic mass is 9.88. The Hall–Kier alpha value is -0.320. The summed E-state index contributed by atoms with van der Waals surface area (Å²) >= 11 is 0. The van der Waals surface area contributed by atoms with Crippen molar-refractivity contribution in [2.45, 2.75) is 37.5 Å². The minimum absolute atomic E-state index is 0. The molecule has 2 bridgehead atoms. The van der Waals surface area contributed by atoms with Gasteiger partial charge in [-0.05, 0) is 26.3 Å². The van der Waals surface area contributed by atoms with Crippen LogP contribution in [0.15, 0.2) is 0 Å². The molecule has 0 radical (unpaired) electrons. The summed E-state index contributed by atoms with van der Waals surface area (Å²) in [6.07, 6.45) is 2.27. The Labute approximate surface area is 96.0 Å². The summed E-state index contributed by atoms with van der Waals surface area (Å²) in [5.41, 5.74) is 0. The Bertz CT molecular complexity index is 249. The van der Waals surface area contributed by atoms with Gasteiger partial charge in [0.05, 0.1) is 19.1 Å². The highest BCUT2D eigenvalue weighted by atomic mass is 35.5. The lowest BCUT2D eigenvalue weighted by Gasteiger charge is -2.39. The number of piperidine rings is 1. The third kappa shape index (κ3) is 1.98. The van der Waals surface area contributed by atoms with E-state index in [4.69, 9.17) is 4.74 Å². The molecule has 2 saturated heterocycles. The van der Waals surface area contributed by atoms with Crippen LogP contribution in [0.5, 0.6) is 0 Å². The van der Waals surface area contributed by atoms with Crippen molar-refractivity contribution >= 4 is 18.4 Å². The number of ether oxygens (including phenoxy) is 1. The quantitative estimate of drug-likeness (QED) is 0.670. The minimum atomic E-state index is -0.517. The van der Waals surface area contributed by atoms with E-state index in [9.17, 15) is 9.90 Å². The molecule has 4 nitrogen and oxygen atoms in total. The first-order valence-electron chi connectivity index (χ1n) is 5.13. The van der Waals surface area contributed by atoms with Crippen LogP contribution in [0.4, 0.5) is 0 Å². The first kappa shape index (κ1) is 12.7. The molecule has 88 valence electrons. The Balaban J connectivity index is 0.00000112. The molecule has 0 saturated carbocycles. The fraction of sp³-hybridized carbons (Fsp3) is 0.900. The van der Waals surface area contributed by atoms with Gasteiger partial charge in [-0.3, -0.25) is 9.69 Å². The molecule has 2 aliphatic heterocycles. The second-order valence-corrected chi connectivity index (χ2v) is 4.32. The highest BCUT2D eigenvalue weighted by Crippen LogP contribution is 2.38. The highest BCUT2D eigenvalue weighted by molar-refractivity contribution is 5.85. The van der Waals surface area contributed by atoms with Gasteiger partial charge >= 0.3 is 5.97 Å². The van der Waals surface area contributed by atoms with Crippen LogP contribution in [-0.2, 0) is 9.53 Å². The molecule has 2 rings (SSSR count). The van der Waals surface area contributed by atoms with Crippen LogP contribution in [-0.4, -0.2) is 48.3 Å². The van der Waals surface area contributed by atoms with Gasteiger partial charge in [0.25, 0.3) is 0 Å². The molecule has 0 amide bonds. The number of hydrogen-bond acceptors (Lipinski definition) is 4. The Morgan fingerprint density at radius 3 is 2.73 bits per heavy atom. The summed E-state index contributed by atoms with van der Waals surface area (Å²) in [5, 5.41) is 9.84. The smallest absolute Gasteiger partial charge is 0.312 e. The molecular formula is C10H18ClNO3. The molecule has 2 fully saturated rings. The van der Waals surface area contributed by atoms with Gasteiger partial charge in [0.2, 0.25) is 0 Å². The van der Waals surface area contributed by atoms with E-state index in [1.165, 1.54) is 7.11 Å². The normalized spacial score (nSPS) is 39.7. The third-order valence-corrected chi connectivity index (χ3v) is 3.71. The summed E-state index contributed by atoms with van der Waals surface area (Å²) < 4.78 is 4.73. The maximum absolute atomic E-state index is 11.5. The van der Waals surface area contributed by atoms with E-state index < -0.39 is 6.10 Å². The van der Waals surface area contributed by atoms with Gasteiger partial charge in [0, 0.05) is 12.1 Å². The van der Waals surface area contributed by atoms with Gasteiger partial charge in [-0.15, -0.1) is 12.4 Å². The summed E-state index contributed by atoms with van der Waals surface area (Å²) in [6, 6.07) is 0.632. The molecule has 2 heterocycles. The molecule has 4 atom stereocenters. The number of carbonyl (C=O) groups excluding carboxylic acids is 1. The first-order chi connectivity index (χ1) is 6.65. The Morgan fingerprint density at radius 1 is 1.47 bits per heavy atom. The van der Waals surface area contributed by atoms with E-state index in [0.29, 0.717) is 12.5 Å². The van der Waals surface area contributed by atoms with Crippen molar-refractivity contribution in [2.24, 2.45) is 5.92 Å². The van der Waals surface area contributed by atoms with Crippen molar-refractivity contribution in [3.63, 3.8) is 0 Å². The average molecular weight is 236 g/mol. The predicted octanol–water partition coefficient (Wildman–Crippen LogP) is 0.425. The number of nitrogens with zero attached hydrogens (tertiary/aromatic N) is 1. The van der Waals surface area contributed by atoms with E-state index in [0.717, 1.165) is 12.8 Å². The first-order valence-corrected chi connectivity index (χ1v) is 5.13. The molecule has 5 heteroatoms. The lowest BCUT2D eigenvalue weighted by molar-refractivity contribution is -0.155. The molecule has 0 aromatic rings. The lowest BCUT2D eigenvalue weighted by Crippen LogP contribution is -2.52. The SMILES string of the molecule is COC(=O)C1C(O)C[C@@H]2CC[C@H]1N2C.Cl. The number of hydrogen-bond donors (Lipinski definition) is 1. The standard InChI is InChI=1S/C10H17NO3.ClH/c1-11-6-3-4-7(11)9(8(12)5-6)10(13)14-2;/h6-9,12H,3-5H2,1-2H3;1H/t6-,7+,8?,9?;/m0./s1. The number of methoxy groups -OCH3 is 1. The van der Waals surface area contributed by atoms with Gasteiger partial charge in [0.15, 0.2) is 0 Å². The fourth-order valence-corrected chi connectivity index (χ4v) is 2.89. The van der Waals surface area contributed by atoms with Crippen LogP contribution >= 0.6 is 12.4 Å². The number of fused-ring (bicyclic) bond motifs is 2. The largest absolute Gasteiger partial charge is 0.469 e. The second kappa shape index (κ2) is 4.68.